The maximum Gasteiger partial charge on any atom is 0.387 e. The van der Waals surface area contributed by atoms with Gasteiger partial charge in [0.15, 0.2) is 17.7 Å². The topological polar surface area (TPSA) is 81.7 Å². The standard InChI is InChI=1S/C35H35O8P/c1-33(2)37-21-35(43-33)32(31-28(20-36-35)38-34(39-31)18-8-3-9-19-34)42-44-40-26-16-14-22-10-4-6-12-24(22)29(26)30-25-13-7-5-11-23(25)15-17-27(30)41-44/h4-7,10-17,28,31-32H,3,8-9,18-21H2,1-2H3/t28-,31-,32-,35+/m1/s1. The quantitative estimate of drug-likeness (QED) is 0.196. The van der Waals surface area contributed by atoms with Crippen molar-refractivity contribution in [3.8, 4) is 0 Å². The van der Waals surface area contributed by atoms with Crippen LogP contribution in [0.1, 0.15) is 46.0 Å². The van der Waals surface area contributed by atoms with Crippen molar-refractivity contribution >= 4 is 51.7 Å². The molecule has 2 spiro atoms. The number of rotatable bonds is 2. The molecular weight excluding hydrogens is 579 g/mol. The van der Waals surface area contributed by atoms with Crippen molar-refractivity contribution < 1.29 is 36.6 Å². The van der Waals surface area contributed by atoms with Gasteiger partial charge in [0.1, 0.15) is 30.0 Å². The fourth-order valence-corrected chi connectivity index (χ4v) is 8.76. The normalized spacial score (nSPS) is 29.3. The summed E-state index contributed by atoms with van der Waals surface area (Å²) >= 11 is 0. The van der Waals surface area contributed by atoms with E-state index in [1.807, 2.05) is 26.0 Å². The Labute approximate surface area is 255 Å². The lowest BCUT2D eigenvalue weighted by Gasteiger charge is -2.42. The van der Waals surface area contributed by atoms with Gasteiger partial charge in [0.2, 0.25) is 5.79 Å². The van der Waals surface area contributed by atoms with Gasteiger partial charge < -0.3 is 32.1 Å². The second-order valence-corrected chi connectivity index (χ2v) is 13.9. The van der Waals surface area contributed by atoms with Gasteiger partial charge in [-0.25, -0.2) is 0 Å². The first kappa shape index (κ1) is 27.4. The van der Waals surface area contributed by atoms with Gasteiger partial charge in [-0.3, -0.25) is 4.52 Å². The monoisotopic (exact) mass is 614 g/mol. The second-order valence-electron chi connectivity index (χ2n) is 12.9. The zero-order chi connectivity index (χ0) is 29.5. The summed E-state index contributed by atoms with van der Waals surface area (Å²) in [5, 5.41) is 6.38. The van der Waals surface area contributed by atoms with Gasteiger partial charge in [0.05, 0.1) is 6.61 Å². The molecule has 4 heterocycles. The van der Waals surface area contributed by atoms with E-state index in [0.717, 1.165) is 58.0 Å². The summed E-state index contributed by atoms with van der Waals surface area (Å²) in [6.07, 6.45) is 3.56. The van der Waals surface area contributed by atoms with E-state index in [4.69, 9.17) is 36.6 Å². The van der Waals surface area contributed by atoms with Crippen LogP contribution >= 0.6 is 8.24 Å². The van der Waals surface area contributed by atoms with Crippen molar-refractivity contribution in [3.05, 3.63) is 72.8 Å². The lowest BCUT2D eigenvalue weighted by Crippen LogP contribution is -2.63. The van der Waals surface area contributed by atoms with Crippen molar-refractivity contribution in [1.29, 1.82) is 0 Å². The van der Waals surface area contributed by atoms with E-state index in [1.54, 1.807) is 0 Å². The zero-order valence-electron chi connectivity index (χ0n) is 24.8. The molecule has 8 nitrogen and oxygen atoms in total. The molecule has 3 saturated heterocycles. The molecule has 9 heteroatoms. The molecule has 0 N–H and O–H groups in total. The Bertz CT molecular complexity index is 1850. The third-order valence-corrected chi connectivity index (χ3v) is 10.6. The molecule has 1 aliphatic carbocycles. The van der Waals surface area contributed by atoms with Crippen molar-refractivity contribution in [2.24, 2.45) is 0 Å². The van der Waals surface area contributed by atoms with Crippen LogP contribution in [0.15, 0.2) is 81.2 Å². The zero-order valence-corrected chi connectivity index (χ0v) is 25.7. The molecule has 1 saturated carbocycles. The Hall–Kier alpha value is -2.94. The molecule has 228 valence electrons. The molecule has 3 aliphatic heterocycles. The molecule has 0 radical (unpaired) electrons. The Morgan fingerprint density at radius 2 is 1.36 bits per heavy atom. The Morgan fingerprint density at radius 1 is 0.727 bits per heavy atom. The van der Waals surface area contributed by atoms with Gasteiger partial charge in [0, 0.05) is 23.6 Å². The summed E-state index contributed by atoms with van der Waals surface area (Å²) in [5.74, 6) is -2.69. The number of hydrogen-bond donors (Lipinski definition) is 0. The predicted molar refractivity (Wildman–Crippen MR) is 167 cm³/mol. The molecule has 4 atom stereocenters. The average molecular weight is 615 g/mol. The average Bonchev–Trinajstić information content (AvgIpc) is 3.48. The molecule has 4 fully saturated rings. The predicted octanol–water partition coefficient (Wildman–Crippen LogP) is 8.35. The van der Waals surface area contributed by atoms with Gasteiger partial charge in [-0.1, -0.05) is 67.1 Å². The van der Waals surface area contributed by atoms with E-state index >= 15 is 0 Å². The molecule has 4 aliphatic rings. The number of hydrogen-bond acceptors (Lipinski definition) is 8. The van der Waals surface area contributed by atoms with Crippen LogP contribution in [0.25, 0.3) is 43.5 Å². The first-order valence-corrected chi connectivity index (χ1v) is 16.7. The molecule has 9 rings (SSSR count). The fraction of sp³-hybridized carbons (Fsp3) is 0.429. The SMILES string of the molecule is CC1(C)OC[C@]2(OC[C@H]3OC4(CCCCC4)O[C@H]3[C@H]2Op2oc3ccc4ccccc4c3c3c(ccc4ccccc43)o2)O1. The van der Waals surface area contributed by atoms with Crippen molar-refractivity contribution in [3.63, 3.8) is 0 Å². The highest BCUT2D eigenvalue weighted by Crippen LogP contribution is 2.50. The molecule has 0 bridgehead atoms. The van der Waals surface area contributed by atoms with E-state index in [-0.39, 0.29) is 12.7 Å². The molecule has 0 amide bonds. The second kappa shape index (κ2) is 10.0. The highest BCUT2D eigenvalue weighted by atomic mass is 31.1. The third kappa shape index (κ3) is 4.35. The summed E-state index contributed by atoms with van der Waals surface area (Å²) in [5.41, 5.74) is 1.40. The van der Waals surface area contributed by atoms with Crippen LogP contribution in [0.5, 0.6) is 0 Å². The van der Waals surface area contributed by atoms with Crippen molar-refractivity contribution in [1.82, 2.24) is 0 Å². The maximum atomic E-state index is 6.91. The van der Waals surface area contributed by atoms with Crippen LogP contribution < -0.4 is 4.52 Å². The Morgan fingerprint density at radius 3 is 1.98 bits per heavy atom. The summed E-state index contributed by atoms with van der Waals surface area (Å²) in [6.45, 7) is 4.29. The first-order valence-electron chi connectivity index (χ1n) is 15.6. The van der Waals surface area contributed by atoms with Gasteiger partial charge in [-0.15, -0.1) is 0 Å². The fourth-order valence-electron chi connectivity index (χ4n) is 7.55. The molecule has 0 unspecified atom stereocenters. The highest BCUT2D eigenvalue weighted by Gasteiger charge is 2.65. The van der Waals surface area contributed by atoms with E-state index in [1.165, 1.54) is 6.42 Å². The van der Waals surface area contributed by atoms with Crippen LogP contribution in [-0.2, 0) is 23.7 Å². The molecule has 5 aromatic rings. The van der Waals surface area contributed by atoms with E-state index < -0.39 is 37.8 Å². The first-order chi connectivity index (χ1) is 21.4. The largest absolute Gasteiger partial charge is 0.399 e. The highest BCUT2D eigenvalue weighted by molar-refractivity contribution is 7.31. The maximum absolute atomic E-state index is 6.91. The van der Waals surface area contributed by atoms with Crippen LogP contribution in [-0.4, -0.2) is 48.9 Å². The van der Waals surface area contributed by atoms with E-state index in [9.17, 15) is 0 Å². The third-order valence-electron chi connectivity index (χ3n) is 9.54. The molecule has 4 aromatic carbocycles. The van der Waals surface area contributed by atoms with Gasteiger partial charge >= 0.3 is 8.24 Å². The van der Waals surface area contributed by atoms with Crippen LogP contribution in [0, 0.1) is 0 Å². The number of fused-ring (bicyclic) bond motifs is 8. The van der Waals surface area contributed by atoms with Gasteiger partial charge in [-0.05, 0) is 60.4 Å². The summed E-state index contributed by atoms with van der Waals surface area (Å²) in [4.78, 5) is 0. The molecular formula is C35H35O8P. The van der Waals surface area contributed by atoms with Crippen LogP contribution in [0.2, 0.25) is 0 Å². The summed E-state index contributed by atoms with van der Waals surface area (Å²) in [7, 11) is -1.98. The van der Waals surface area contributed by atoms with Crippen molar-refractivity contribution in [2.75, 3.05) is 13.2 Å². The van der Waals surface area contributed by atoms with E-state index in [0.29, 0.717) is 17.8 Å². The molecule has 1 aromatic heterocycles. The lowest BCUT2D eigenvalue weighted by molar-refractivity contribution is -0.316. The van der Waals surface area contributed by atoms with Gasteiger partial charge in [-0.2, -0.15) is 0 Å². The smallest absolute Gasteiger partial charge is 0.387 e. The Balaban J connectivity index is 1.24. The van der Waals surface area contributed by atoms with E-state index in [2.05, 4.69) is 60.7 Å². The van der Waals surface area contributed by atoms with Crippen LogP contribution in [0.4, 0.5) is 0 Å². The minimum atomic E-state index is -1.98. The number of benzene rings is 4. The minimum absolute atomic E-state index is 0.190. The van der Waals surface area contributed by atoms with Crippen molar-refractivity contribution in [2.45, 2.75) is 81.6 Å². The minimum Gasteiger partial charge on any atom is -0.399 e. The lowest BCUT2D eigenvalue weighted by atomic mass is 9.94. The van der Waals surface area contributed by atoms with Crippen LogP contribution in [0.3, 0.4) is 0 Å². The summed E-state index contributed by atoms with van der Waals surface area (Å²) < 4.78 is 52.8. The summed E-state index contributed by atoms with van der Waals surface area (Å²) in [6, 6.07) is 24.9. The van der Waals surface area contributed by atoms with Gasteiger partial charge in [0.25, 0.3) is 0 Å². The molecule has 44 heavy (non-hydrogen) atoms. The Kier molecular flexibility index (Phi) is 6.24. The number of ether oxygens (including phenoxy) is 5.